The van der Waals surface area contributed by atoms with Gasteiger partial charge in [0.1, 0.15) is 23.9 Å². The van der Waals surface area contributed by atoms with Crippen LogP contribution in [-0.4, -0.2) is 61.1 Å². The highest BCUT2D eigenvalue weighted by Crippen LogP contribution is 2.16. The van der Waals surface area contributed by atoms with Crippen molar-refractivity contribution < 1.29 is 38.0 Å². The highest BCUT2D eigenvalue weighted by atomic mass is 19.1. The molecule has 0 saturated heterocycles. The van der Waals surface area contributed by atoms with Crippen LogP contribution in [0.3, 0.4) is 0 Å². The summed E-state index contributed by atoms with van der Waals surface area (Å²) in [6.45, 7) is 5.94. The fraction of sp³-hybridized carbons (Fsp3) is 0.375. The lowest BCUT2D eigenvalue weighted by Gasteiger charge is -2.22. The van der Waals surface area contributed by atoms with Gasteiger partial charge in [0.05, 0.1) is 13.2 Å². The molecule has 0 fully saturated rings. The zero-order valence-electron chi connectivity index (χ0n) is 23.6. The summed E-state index contributed by atoms with van der Waals surface area (Å²) in [7, 11) is 0. The van der Waals surface area contributed by atoms with Crippen molar-refractivity contribution >= 4 is 12.1 Å². The Hall–Kier alpha value is -3.95. The number of carboxylic acid groups (broad SMARTS) is 1. The Kier molecular flexibility index (Phi) is 13.1. The van der Waals surface area contributed by atoms with Crippen LogP contribution in [0.4, 0.5) is 9.18 Å². The lowest BCUT2D eigenvalue weighted by atomic mass is 10.1. The van der Waals surface area contributed by atoms with Crippen LogP contribution in [0.2, 0.25) is 0 Å². The number of amides is 1. The van der Waals surface area contributed by atoms with E-state index in [0.29, 0.717) is 50.8 Å². The fourth-order valence-electron chi connectivity index (χ4n) is 4.04. The summed E-state index contributed by atoms with van der Waals surface area (Å²) in [6, 6.07) is 20.7. The third-order valence-corrected chi connectivity index (χ3v) is 6.22. The van der Waals surface area contributed by atoms with Gasteiger partial charge in [-0.2, -0.15) is 0 Å². The summed E-state index contributed by atoms with van der Waals surface area (Å²) in [4.78, 5) is 25.9. The molecule has 0 aromatic heterocycles. The summed E-state index contributed by atoms with van der Waals surface area (Å²) >= 11 is 0. The number of carbonyl (C=O) groups excluding carboxylic acids is 1. The van der Waals surface area contributed by atoms with E-state index in [1.54, 1.807) is 60.4 Å². The molecule has 0 saturated carbocycles. The first kappa shape index (κ1) is 31.6. The van der Waals surface area contributed by atoms with E-state index in [9.17, 15) is 19.1 Å². The number of hydrogen-bond donors (Lipinski definition) is 1. The van der Waals surface area contributed by atoms with Crippen molar-refractivity contribution in [2.75, 3.05) is 32.9 Å². The summed E-state index contributed by atoms with van der Waals surface area (Å²) in [5.41, 5.74) is 2.71. The molecular formula is C32H38FNO7. The molecule has 1 atom stereocenters. The lowest BCUT2D eigenvalue weighted by Crippen LogP contribution is -2.37. The molecule has 9 heteroatoms. The van der Waals surface area contributed by atoms with Gasteiger partial charge < -0.3 is 29.0 Å². The maximum Gasteiger partial charge on any atom is 0.415 e. The average molecular weight is 568 g/mol. The Bertz CT molecular complexity index is 1220. The number of unbranched alkanes of at least 4 members (excludes halogenated alkanes) is 1. The van der Waals surface area contributed by atoms with Crippen LogP contribution in [0.15, 0.2) is 72.8 Å². The molecule has 0 aliphatic carbocycles. The Morgan fingerprint density at radius 1 is 0.902 bits per heavy atom. The van der Waals surface area contributed by atoms with Gasteiger partial charge in [-0.05, 0) is 79.8 Å². The minimum atomic E-state index is -0.996. The van der Waals surface area contributed by atoms with Gasteiger partial charge in [-0.15, -0.1) is 0 Å². The molecule has 1 N–H and O–H groups in total. The number of aliphatic carboxylic acids is 1. The molecule has 41 heavy (non-hydrogen) atoms. The Labute approximate surface area is 240 Å². The second-order valence-corrected chi connectivity index (χ2v) is 9.54. The molecule has 0 spiro atoms. The summed E-state index contributed by atoms with van der Waals surface area (Å²) in [5.74, 6) is -0.188. The van der Waals surface area contributed by atoms with E-state index >= 15 is 0 Å². The second-order valence-electron chi connectivity index (χ2n) is 9.54. The predicted octanol–water partition coefficient (Wildman–Crippen LogP) is 6.04. The number of aryl methyl sites for hydroxylation is 1. The number of carbonyl (C=O) groups is 2. The van der Waals surface area contributed by atoms with Gasteiger partial charge in [0.25, 0.3) is 0 Å². The summed E-state index contributed by atoms with van der Waals surface area (Å²) in [6.07, 6.45) is 0.336. The lowest BCUT2D eigenvalue weighted by molar-refractivity contribution is -0.149. The van der Waals surface area contributed by atoms with Crippen LogP contribution in [0.5, 0.6) is 11.5 Å². The highest BCUT2D eigenvalue weighted by molar-refractivity contribution is 5.72. The minimum absolute atomic E-state index is 0.250. The van der Waals surface area contributed by atoms with Crippen molar-refractivity contribution in [1.29, 1.82) is 0 Å². The molecule has 0 bridgehead atoms. The standard InChI is InChI=1S/C32H38FNO7/c1-3-39-30(31(35)36)22-25-11-15-28(16-12-25)40-20-18-34(32(37)41-29-8-6-7-24(2)21-29)17-4-5-19-38-23-26-9-13-27(33)14-10-26/h6-16,21,30H,3-5,17-20,22-23H2,1-2H3,(H,35,36). The molecule has 3 aromatic carbocycles. The first-order valence-corrected chi connectivity index (χ1v) is 13.8. The maximum atomic E-state index is 13.0. The van der Waals surface area contributed by atoms with Gasteiger partial charge in [-0.25, -0.2) is 14.0 Å². The zero-order valence-corrected chi connectivity index (χ0v) is 23.6. The third kappa shape index (κ3) is 11.6. The van der Waals surface area contributed by atoms with Crippen LogP contribution in [0.1, 0.15) is 36.5 Å². The van der Waals surface area contributed by atoms with Gasteiger partial charge in [0.15, 0.2) is 6.10 Å². The highest BCUT2D eigenvalue weighted by Gasteiger charge is 2.18. The van der Waals surface area contributed by atoms with Crippen LogP contribution < -0.4 is 9.47 Å². The quantitative estimate of drug-likeness (QED) is 0.199. The predicted molar refractivity (Wildman–Crippen MR) is 153 cm³/mol. The third-order valence-electron chi connectivity index (χ3n) is 6.22. The van der Waals surface area contributed by atoms with Gasteiger partial charge in [0.2, 0.25) is 0 Å². The van der Waals surface area contributed by atoms with Crippen molar-refractivity contribution in [2.45, 2.75) is 45.8 Å². The molecule has 8 nitrogen and oxygen atoms in total. The maximum absolute atomic E-state index is 13.0. The van der Waals surface area contributed by atoms with E-state index in [1.807, 2.05) is 19.1 Å². The number of nitrogens with zero attached hydrogens (tertiary/aromatic N) is 1. The number of benzene rings is 3. The zero-order chi connectivity index (χ0) is 29.5. The smallest absolute Gasteiger partial charge is 0.415 e. The Morgan fingerprint density at radius 3 is 2.32 bits per heavy atom. The minimum Gasteiger partial charge on any atom is -0.492 e. The van der Waals surface area contributed by atoms with Crippen LogP contribution >= 0.6 is 0 Å². The number of carboxylic acids is 1. The van der Waals surface area contributed by atoms with E-state index in [-0.39, 0.29) is 18.8 Å². The SMILES string of the molecule is CCOC(Cc1ccc(OCCN(CCCCOCc2ccc(F)cc2)C(=O)Oc2cccc(C)c2)cc1)C(=O)O. The van der Waals surface area contributed by atoms with Crippen molar-refractivity contribution in [3.63, 3.8) is 0 Å². The first-order chi connectivity index (χ1) is 19.8. The van der Waals surface area contributed by atoms with E-state index in [4.69, 9.17) is 18.9 Å². The molecule has 0 radical (unpaired) electrons. The molecule has 0 heterocycles. The molecule has 0 aliphatic heterocycles. The molecule has 220 valence electrons. The Balaban J connectivity index is 1.49. The van der Waals surface area contributed by atoms with Crippen molar-refractivity contribution in [2.24, 2.45) is 0 Å². The van der Waals surface area contributed by atoms with Crippen molar-refractivity contribution in [3.8, 4) is 11.5 Å². The summed E-state index contributed by atoms with van der Waals surface area (Å²) in [5, 5.41) is 9.29. The number of hydrogen-bond acceptors (Lipinski definition) is 6. The van der Waals surface area contributed by atoms with Crippen molar-refractivity contribution in [1.82, 2.24) is 4.90 Å². The molecule has 3 aromatic rings. The first-order valence-electron chi connectivity index (χ1n) is 13.8. The topological polar surface area (TPSA) is 94.5 Å². The number of ether oxygens (including phenoxy) is 4. The molecule has 1 unspecified atom stereocenters. The van der Waals surface area contributed by atoms with E-state index in [1.165, 1.54) is 12.1 Å². The van der Waals surface area contributed by atoms with Crippen LogP contribution in [0, 0.1) is 12.7 Å². The molecule has 3 rings (SSSR count). The molecular weight excluding hydrogens is 529 g/mol. The van der Waals surface area contributed by atoms with E-state index in [2.05, 4.69) is 0 Å². The summed E-state index contributed by atoms with van der Waals surface area (Å²) < 4.78 is 35.5. The van der Waals surface area contributed by atoms with Gasteiger partial charge >= 0.3 is 12.1 Å². The number of rotatable bonds is 17. The Morgan fingerprint density at radius 2 is 1.63 bits per heavy atom. The fourth-order valence-corrected chi connectivity index (χ4v) is 4.04. The van der Waals surface area contributed by atoms with Gasteiger partial charge in [-0.3, -0.25) is 0 Å². The number of halogens is 1. The normalized spacial score (nSPS) is 11.6. The monoisotopic (exact) mass is 567 g/mol. The average Bonchev–Trinajstić information content (AvgIpc) is 2.95. The molecule has 1 amide bonds. The van der Waals surface area contributed by atoms with E-state index < -0.39 is 18.2 Å². The van der Waals surface area contributed by atoms with Gasteiger partial charge in [-0.1, -0.05) is 36.4 Å². The largest absolute Gasteiger partial charge is 0.492 e. The molecule has 0 aliphatic rings. The van der Waals surface area contributed by atoms with Crippen LogP contribution in [-0.2, 0) is 27.3 Å². The van der Waals surface area contributed by atoms with E-state index in [0.717, 1.165) is 23.1 Å². The van der Waals surface area contributed by atoms with Crippen molar-refractivity contribution in [3.05, 3.63) is 95.3 Å². The second kappa shape index (κ2) is 17.0. The van der Waals surface area contributed by atoms with Gasteiger partial charge in [0, 0.05) is 26.2 Å². The van der Waals surface area contributed by atoms with Crippen LogP contribution in [0.25, 0.3) is 0 Å².